The lowest BCUT2D eigenvalue weighted by molar-refractivity contribution is 0.431. The van der Waals surface area contributed by atoms with Crippen LogP contribution in [0.25, 0.3) is 0 Å². The van der Waals surface area contributed by atoms with Gasteiger partial charge in [0.05, 0.1) is 5.71 Å². The van der Waals surface area contributed by atoms with Crippen LogP contribution in [0.15, 0.2) is 16.0 Å². The quantitative estimate of drug-likeness (QED) is 0.496. The molecular weight excluding hydrogens is 155 g/mol. The molecule has 2 nitrogen and oxygen atoms in total. The molecule has 1 heterocycles. The molecule has 0 saturated heterocycles. The second-order valence-corrected chi connectivity index (χ2v) is 2.55. The molecule has 0 amide bonds. The SMILES string of the molecule is CC1=NCN(C)C(Cl)=C1F. The van der Waals surface area contributed by atoms with E-state index in [0.717, 1.165) is 0 Å². The van der Waals surface area contributed by atoms with Crippen LogP contribution in [0, 0.1) is 0 Å². The van der Waals surface area contributed by atoms with Crippen molar-refractivity contribution in [1.82, 2.24) is 4.90 Å². The van der Waals surface area contributed by atoms with Crippen molar-refractivity contribution in [3.8, 4) is 0 Å². The van der Waals surface area contributed by atoms with Crippen molar-refractivity contribution in [2.45, 2.75) is 6.92 Å². The van der Waals surface area contributed by atoms with Gasteiger partial charge in [-0.2, -0.15) is 0 Å². The van der Waals surface area contributed by atoms with Crippen LogP contribution >= 0.6 is 11.6 Å². The van der Waals surface area contributed by atoms with Gasteiger partial charge in [-0.15, -0.1) is 0 Å². The van der Waals surface area contributed by atoms with Gasteiger partial charge in [0.25, 0.3) is 0 Å². The molecule has 0 fully saturated rings. The van der Waals surface area contributed by atoms with Crippen LogP contribution in [0.4, 0.5) is 4.39 Å². The minimum absolute atomic E-state index is 0.146. The highest BCUT2D eigenvalue weighted by molar-refractivity contribution is 6.31. The topological polar surface area (TPSA) is 15.6 Å². The maximum Gasteiger partial charge on any atom is 0.179 e. The minimum atomic E-state index is -0.421. The molecule has 4 heteroatoms. The van der Waals surface area contributed by atoms with E-state index in [4.69, 9.17) is 11.6 Å². The lowest BCUT2D eigenvalue weighted by Gasteiger charge is -2.20. The Morgan fingerprint density at radius 1 is 1.70 bits per heavy atom. The van der Waals surface area contributed by atoms with Crippen molar-refractivity contribution < 1.29 is 4.39 Å². The summed E-state index contributed by atoms with van der Waals surface area (Å²) >= 11 is 5.56. The maximum absolute atomic E-state index is 12.8. The van der Waals surface area contributed by atoms with Crippen molar-refractivity contribution in [3.63, 3.8) is 0 Å². The van der Waals surface area contributed by atoms with E-state index in [1.165, 1.54) is 0 Å². The molecule has 0 atom stereocenters. The number of halogens is 2. The first-order valence-corrected chi connectivity index (χ1v) is 3.28. The van der Waals surface area contributed by atoms with Gasteiger partial charge in [0.1, 0.15) is 11.8 Å². The number of allylic oxidation sites excluding steroid dienone is 1. The Morgan fingerprint density at radius 2 is 2.30 bits per heavy atom. The molecule has 1 rings (SSSR count). The average Bonchev–Trinajstić information content (AvgIpc) is 1.93. The smallest absolute Gasteiger partial charge is 0.179 e. The first-order valence-electron chi connectivity index (χ1n) is 2.90. The first-order chi connectivity index (χ1) is 4.63. The minimum Gasteiger partial charge on any atom is -0.344 e. The molecule has 0 aromatic heterocycles. The van der Waals surface area contributed by atoms with Gasteiger partial charge in [-0.3, -0.25) is 4.99 Å². The zero-order chi connectivity index (χ0) is 7.72. The van der Waals surface area contributed by atoms with Gasteiger partial charge in [-0.25, -0.2) is 4.39 Å². The molecule has 0 aliphatic carbocycles. The number of nitrogens with zero attached hydrogens (tertiary/aromatic N) is 2. The van der Waals surface area contributed by atoms with Crippen molar-refractivity contribution in [3.05, 3.63) is 11.0 Å². The summed E-state index contributed by atoms with van der Waals surface area (Å²) in [6.07, 6.45) is 0. The molecule has 10 heavy (non-hydrogen) atoms. The largest absolute Gasteiger partial charge is 0.344 e. The van der Waals surface area contributed by atoms with E-state index in [1.54, 1.807) is 18.9 Å². The van der Waals surface area contributed by atoms with E-state index in [2.05, 4.69) is 4.99 Å². The third-order valence-corrected chi connectivity index (χ3v) is 1.81. The van der Waals surface area contributed by atoms with Crippen molar-refractivity contribution >= 4 is 17.3 Å². The van der Waals surface area contributed by atoms with Gasteiger partial charge in [-0.05, 0) is 6.92 Å². The molecule has 0 unspecified atom stereocenters. The van der Waals surface area contributed by atoms with Crippen molar-refractivity contribution in [1.29, 1.82) is 0 Å². The summed E-state index contributed by atoms with van der Waals surface area (Å²) < 4.78 is 12.8. The summed E-state index contributed by atoms with van der Waals surface area (Å²) in [5, 5.41) is 0.146. The zero-order valence-electron chi connectivity index (χ0n) is 5.86. The second-order valence-electron chi connectivity index (χ2n) is 2.19. The maximum atomic E-state index is 12.8. The van der Waals surface area contributed by atoms with E-state index in [0.29, 0.717) is 12.4 Å². The van der Waals surface area contributed by atoms with Crippen LogP contribution < -0.4 is 0 Å². The monoisotopic (exact) mass is 162 g/mol. The average molecular weight is 163 g/mol. The van der Waals surface area contributed by atoms with Crippen LogP contribution in [0.5, 0.6) is 0 Å². The fourth-order valence-electron chi connectivity index (χ4n) is 0.660. The summed E-state index contributed by atoms with van der Waals surface area (Å²) in [5.41, 5.74) is 0.378. The zero-order valence-corrected chi connectivity index (χ0v) is 6.61. The highest BCUT2D eigenvalue weighted by atomic mass is 35.5. The fraction of sp³-hybridized carbons (Fsp3) is 0.500. The molecule has 0 spiro atoms. The Bertz CT molecular complexity index is 210. The number of aliphatic imine (C=N–C) groups is 1. The highest BCUT2D eigenvalue weighted by Gasteiger charge is 2.15. The summed E-state index contributed by atoms with van der Waals surface area (Å²) in [6, 6.07) is 0. The Morgan fingerprint density at radius 3 is 2.80 bits per heavy atom. The molecule has 0 saturated carbocycles. The van der Waals surface area contributed by atoms with Crippen molar-refractivity contribution in [2.24, 2.45) is 4.99 Å². The molecule has 0 radical (unpaired) electrons. The molecular formula is C6H8ClFN2. The molecule has 1 aliphatic rings. The van der Waals surface area contributed by atoms with E-state index in [9.17, 15) is 4.39 Å². The van der Waals surface area contributed by atoms with Gasteiger partial charge in [0.2, 0.25) is 0 Å². The van der Waals surface area contributed by atoms with Crippen LogP contribution in [0.1, 0.15) is 6.92 Å². The van der Waals surface area contributed by atoms with Crippen molar-refractivity contribution in [2.75, 3.05) is 13.7 Å². The van der Waals surface area contributed by atoms with Gasteiger partial charge >= 0.3 is 0 Å². The number of hydrogen-bond acceptors (Lipinski definition) is 2. The molecule has 0 aromatic carbocycles. The van der Waals surface area contributed by atoms with Gasteiger partial charge < -0.3 is 4.90 Å². The fourth-order valence-corrected chi connectivity index (χ4v) is 0.851. The van der Waals surface area contributed by atoms with Gasteiger partial charge in [0.15, 0.2) is 5.83 Å². The third-order valence-electron chi connectivity index (χ3n) is 1.35. The first kappa shape index (κ1) is 7.54. The number of hydrogen-bond donors (Lipinski definition) is 0. The Kier molecular flexibility index (Phi) is 1.94. The van der Waals surface area contributed by atoms with E-state index < -0.39 is 5.83 Å². The second kappa shape index (κ2) is 2.58. The van der Waals surface area contributed by atoms with Crippen LogP contribution in [-0.4, -0.2) is 24.3 Å². The normalized spacial score (nSPS) is 19.6. The third kappa shape index (κ3) is 1.14. The Labute approximate surface area is 64.0 Å². The molecule has 0 aromatic rings. The predicted molar refractivity (Wildman–Crippen MR) is 39.7 cm³/mol. The molecule has 56 valence electrons. The molecule has 1 aliphatic heterocycles. The standard InChI is InChI=1S/C6H8ClFN2/c1-4-5(8)6(7)10(2)3-9-4/h3H2,1-2H3. The lowest BCUT2D eigenvalue weighted by atomic mass is 10.3. The summed E-state index contributed by atoms with van der Waals surface area (Å²) in [4.78, 5) is 5.41. The molecule has 0 bridgehead atoms. The van der Waals surface area contributed by atoms with Crippen LogP contribution in [0.2, 0.25) is 0 Å². The summed E-state index contributed by atoms with van der Waals surface area (Å²) in [5.74, 6) is -0.421. The van der Waals surface area contributed by atoms with E-state index in [-0.39, 0.29) is 5.16 Å². The highest BCUT2D eigenvalue weighted by Crippen LogP contribution is 2.19. The Hall–Kier alpha value is -0.570. The lowest BCUT2D eigenvalue weighted by Crippen LogP contribution is -2.22. The summed E-state index contributed by atoms with van der Waals surface area (Å²) in [7, 11) is 1.69. The van der Waals surface area contributed by atoms with Gasteiger partial charge in [-0.1, -0.05) is 11.6 Å². The van der Waals surface area contributed by atoms with Crippen LogP contribution in [0.3, 0.4) is 0 Å². The van der Waals surface area contributed by atoms with Crippen LogP contribution in [-0.2, 0) is 0 Å². The summed E-state index contributed by atoms with van der Waals surface area (Å²) in [6.45, 7) is 2.04. The van der Waals surface area contributed by atoms with Gasteiger partial charge in [0, 0.05) is 7.05 Å². The predicted octanol–water partition coefficient (Wildman–Crippen LogP) is 1.73. The Balaban J connectivity index is 2.94. The molecule has 0 N–H and O–H groups in total. The van der Waals surface area contributed by atoms with E-state index >= 15 is 0 Å². The number of rotatable bonds is 0. The van der Waals surface area contributed by atoms with E-state index in [1.807, 2.05) is 0 Å².